The Morgan fingerprint density at radius 3 is 2.18 bits per heavy atom. The number of benzene rings is 3. The molecule has 0 aromatic heterocycles. The molecular weight excluding hydrogens is 504 g/mol. The van der Waals surface area contributed by atoms with Crippen molar-refractivity contribution in [1.29, 1.82) is 0 Å². The van der Waals surface area contributed by atoms with E-state index in [0.29, 0.717) is 11.1 Å². The average molecular weight is 541 g/mol. The van der Waals surface area contributed by atoms with Crippen LogP contribution in [0.1, 0.15) is 71.6 Å². The molecule has 7 heteroatoms. The highest BCUT2D eigenvalue weighted by Crippen LogP contribution is 2.32. The van der Waals surface area contributed by atoms with Crippen LogP contribution in [-0.2, 0) is 25.7 Å². The van der Waals surface area contributed by atoms with Crippen LogP contribution in [0, 0.1) is 5.82 Å². The minimum atomic E-state index is -4.76. The summed E-state index contributed by atoms with van der Waals surface area (Å²) in [5, 5.41) is 0. The van der Waals surface area contributed by atoms with E-state index in [1.165, 1.54) is 17.2 Å². The van der Waals surface area contributed by atoms with Gasteiger partial charge in [-0.05, 0) is 66.6 Å². The van der Waals surface area contributed by atoms with Gasteiger partial charge in [0.2, 0.25) is 0 Å². The summed E-state index contributed by atoms with van der Waals surface area (Å²) in [6.45, 7) is 4.62. The molecule has 1 aliphatic heterocycles. The molecule has 1 fully saturated rings. The number of alkyl halides is 3. The van der Waals surface area contributed by atoms with Gasteiger partial charge in [-0.25, -0.2) is 4.39 Å². The number of likely N-dealkylation sites (tertiary alicyclic amines) is 1. The van der Waals surface area contributed by atoms with E-state index in [-0.39, 0.29) is 18.5 Å². The Labute approximate surface area is 228 Å². The van der Waals surface area contributed by atoms with Gasteiger partial charge in [0.05, 0.1) is 5.56 Å². The summed E-state index contributed by atoms with van der Waals surface area (Å²) in [4.78, 5) is 17.8. The molecule has 3 nitrogen and oxygen atoms in total. The molecule has 1 aliphatic rings. The number of nitrogens with zero attached hydrogens (tertiary/aromatic N) is 2. The van der Waals surface area contributed by atoms with Crippen molar-refractivity contribution in [3.63, 3.8) is 0 Å². The molecule has 1 saturated heterocycles. The fraction of sp³-hybridized carbons (Fsp3) is 0.406. The number of carbonyl (C=O) groups excluding carboxylic acids is 1. The molecule has 0 saturated carbocycles. The first-order chi connectivity index (χ1) is 18.7. The Balaban J connectivity index is 1.51. The molecule has 1 amide bonds. The molecule has 3 aromatic carbocycles. The number of piperidine rings is 1. The molecule has 39 heavy (non-hydrogen) atoms. The van der Waals surface area contributed by atoms with Crippen molar-refractivity contribution in [2.45, 2.75) is 70.8 Å². The summed E-state index contributed by atoms with van der Waals surface area (Å²) < 4.78 is 53.7. The van der Waals surface area contributed by atoms with Crippen LogP contribution in [-0.4, -0.2) is 34.8 Å². The van der Waals surface area contributed by atoms with Crippen molar-refractivity contribution in [3.8, 4) is 0 Å². The lowest BCUT2D eigenvalue weighted by molar-refractivity contribution is -0.140. The summed E-state index contributed by atoms with van der Waals surface area (Å²) >= 11 is 0. The van der Waals surface area contributed by atoms with Gasteiger partial charge in [-0.15, -0.1) is 0 Å². The molecule has 0 bridgehead atoms. The van der Waals surface area contributed by atoms with Gasteiger partial charge < -0.3 is 4.90 Å². The van der Waals surface area contributed by atoms with Crippen molar-refractivity contribution < 1.29 is 22.4 Å². The topological polar surface area (TPSA) is 23.6 Å². The normalized spacial score (nSPS) is 14.9. The van der Waals surface area contributed by atoms with Crippen molar-refractivity contribution in [3.05, 3.63) is 106 Å². The van der Waals surface area contributed by atoms with Gasteiger partial charge >= 0.3 is 6.18 Å². The van der Waals surface area contributed by atoms with Crippen LogP contribution in [0.5, 0.6) is 0 Å². The molecule has 4 rings (SSSR count). The van der Waals surface area contributed by atoms with Crippen LogP contribution in [0.3, 0.4) is 0 Å². The lowest BCUT2D eigenvalue weighted by Gasteiger charge is -2.39. The lowest BCUT2D eigenvalue weighted by Crippen LogP contribution is -2.46. The summed E-state index contributed by atoms with van der Waals surface area (Å²) in [5.74, 6) is -1.50. The van der Waals surface area contributed by atoms with E-state index in [2.05, 4.69) is 24.0 Å². The van der Waals surface area contributed by atoms with E-state index in [9.17, 15) is 22.4 Å². The second kappa shape index (κ2) is 13.2. The Morgan fingerprint density at radius 1 is 0.897 bits per heavy atom. The summed E-state index contributed by atoms with van der Waals surface area (Å²) in [6, 6.07) is 20.6. The average Bonchev–Trinajstić information content (AvgIpc) is 2.92. The third-order valence-corrected chi connectivity index (χ3v) is 7.47. The third-order valence-electron chi connectivity index (χ3n) is 7.47. The van der Waals surface area contributed by atoms with E-state index >= 15 is 0 Å². The first-order valence-corrected chi connectivity index (χ1v) is 13.8. The second-order valence-electron chi connectivity index (χ2n) is 10.4. The van der Waals surface area contributed by atoms with Crippen LogP contribution >= 0.6 is 0 Å². The van der Waals surface area contributed by atoms with Crippen LogP contribution in [0.2, 0.25) is 0 Å². The number of halogens is 4. The minimum Gasteiger partial charge on any atom is -0.331 e. The Morgan fingerprint density at radius 2 is 1.56 bits per heavy atom. The largest absolute Gasteiger partial charge is 0.419 e. The van der Waals surface area contributed by atoms with Crippen molar-refractivity contribution in [1.82, 2.24) is 9.80 Å². The van der Waals surface area contributed by atoms with Gasteiger partial charge in [-0.2, -0.15) is 13.2 Å². The fourth-order valence-corrected chi connectivity index (χ4v) is 5.24. The number of amides is 1. The number of hydrogen-bond donors (Lipinski definition) is 0. The molecule has 3 aromatic rings. The Hall–Kier alpha value is -3.19. The molecule has 0 N–H and O–H groups in total. The number of rotatable bonds is 10. The molecule has 0 atom stereocenters. The van der Waals surface area contributed by atoms with Crippen molar-refractivity contribution in [2.75, 3.05) is 13.1 Å². The molecule has 0 aliphatic carbocycles. The number of carbonyl (C=O) groups is 1. The van der Waals surface area contributed by atoms with Gasteiger partial charge in [0.1, 0.15) is 5.82 Å². The van der Waals surface area contributed by atoms with Crippen LogP contribution < -0.4 is 0 Å². The number of unbranched alkanes of at least 4 members (excludes halogenated alkanes) is 2. The highest BCUT2D eigenvalue weighted by Gasteiger charge is 2.34. The smallest absolute Gasteiger partial charge is 0.331 e. The highest BCUT2D eigenvalue weighted by atomic mass is 19.4. The number of hydrogen-bond acceptors (Lipinski definition) is 2. The third kappa shape index (κ3) is 7.91. The number of aryl methyl sites for hydroxylation is 1. The van der Waals surface area contributed by atoms with Crippen LogP contribution in [0.15, 0.2) is 72.8 Å². The maximum absolute atomic E-state index is 14.4. The summed E-state index contributed by atoms with van der Waals surface area (Å²) in [7, 11) is 0. The first-order valence-electron chi connectivity index (χ1n) is 13.8. The predicted octanol–water partition coefficient (Wildman–Crippen LogP) is 7.88. The summed E-state index contributed by atoms with van der Waals surface area (Å²) in [6.07, 6.45) is 1.05. The monoisotopic (exact) mass is 540 g/mol. The summed E-state index contributed by atoms with van der Waals surface area (Å²) in [5.41, 5.74) is 1.98. The molecule has 1 heterocycles. The van der Waals surface area contributed by atoms with Gasteiger partial charge in [-0.1, -0.05) is 68.3 Å². The first kappa shape index (κ1) is 28.8. The van der Waals surface area contributed by atoms with E-state index in [1.807, 2.05) is 42.5 Å². The lowest BCUT2D eigenvalue weighted by atomic mass is 9.99. The highest BCUT2D eigenvalue weighted by molar-refractivity contribution is 5.94. The maximum atomic E-state index is 14.4. The molecule has 208 valence electrons. The zero-order valence-corrected chi connectivity index (χ0v) is 22.4. The standard InChI is InChI=1S/C32H36F4N2O/c1-2-3-5-8-24-11-14-27(15-12-24)31(39)38(23-26-13-16-29(30(33)21-26)32(34,35)36)28-17-19-37(20-18-28)22-25-9-6-4-7-10-25/h4,6-7,9-16,21,28H,2-3,5,8,17-20,22-23H2,1H3. The Bertz CT molecular complexity index is 1200. The molecule has 0 radical (unpaired) electrons. The zero-order valence-electron chi connectivity index (χ0n) is 22.4. The van der Waals surface area contributed by atoms with Crippen molar-refractivity contribution >= 4 is 5.91 Å². The maximum Gasteiger partial charge on any atom is 0.419 e. The SMILES string of the molecule is CCCCCc1ccc(C(=O)N(Cc2ccc(C(F)(F)F)c(F)c2)C2CCN(Cc3ccccc3)CC2)cc1. The van der Waals surface area contributed by atoms with E-state index in [0.717, 1.165) is 70.3 Å². The molecular formula is C32H36F4N2O. The van der Waals surface area contributed by atoms with Gasteiger partial charge in [0.15, 0.2) is 0 Å². The quantitative estimate of drug-likeness (QED) is 0.193. The van der Waals surface area contributed by atoms with E-state index in [1.54, 1.807) is 4.90 Å². The van der Waals surface area contributed by atoms with E-state index in [4.69, 9.17) is 0 Å². The van der Waals surface area contributed by atoms with Gasteiger partial charge in [-0.3, -0.25) is 9.69 Å². The van der Waals surface area contributed by atoms with E-state index < -0.39 is 17.6 Å². The predicted molar refractivity (Wildman–Crippen MR) is 146 cm³/mol. The van der Waals surface area contributed by atoms with Gasteiger partial charge in [0, 0.05) is 37.8 Å². The fourth-order valence-electron chi connectivity index (χ4n) is 5.24. The molecule has 0 unspecified atom stereocenters. The van der Waals surface area contributed by atoms with Gasteiger partial charge in [0.25, 0.3) is 5.91 Å². The van der Waals surface area contributed by atoms with Crippen LogP contribution in [0.25, 0.3) is 0 Å². The van der Waals surface area contributed by atoms with Crippen molar-refractivity contribution in [2.24, 2.45) is 0 Å². The zero-order chi connectivity index (χ0) is 27.8. The Kier molecular flexibility index (Phi) is 9.78. The van der Waals surface area contributed by atoms with Crippen LogP contribution in [0.4, 0.5) is 17.6 Å². The minimum absolute atomic E-state index is 0.0511. The second-order valence-corrected chi connectivity index (χ2v) is 10.4. The molecule has 0 spiro atoms.